The number of benzene rings is 1. The van der Waals surface area contributed by atoms with Crippen molar-refractivity contribution in [3.63, 3.8) is 0 Å². The van der Waals surface area contributed by atoms with Crippen molar-refractivity contribution in [3.8, 4) is 16.9 Å². The molecule has 0 unspecified atom stereocenters. The van der Waals surface area contributed by atoms with Crippen LogP contribution < -0.4 is 10.5 Å². The molecule has 0 bridgehead atoms. The molecule has 0 spiro atoms. The summed E-state index contributed by atoms with van der Waals surface area (Å²) in [5, 5.41) is 3.64. The zero-order valence-electron chi connectivity index (χ0n) is 8.65. The van der Waals surface area contributed by atoms with Crippen molar-refractivity contribution in [1.82, 2.24) is 5.16 Å². The monoisotopic (exact) mass is 204 g/mol. The number of ether oxygens (including phenoxy) is 1. The molecule has 0 aliphatic heterocycles. The Labute approximate surface area is 87.6 Å². The first kappa shape index (κ1) is 9.58. The van der Waals surface area contributed by atoms with Gasteiger partial charge in [-0.3, -0.25) is 0 Å². The van der Waals surface area contributed by atoms with E-state index in [1.807, 2.05) is 25.1 Å². The number of anilines is 1. The van der Waals surface area contributed by atoms with E-state index in [0.29, 0.717) is 5.88 Å². The Morgan fingerprint density at radius 1 is 1.40 bits per heavy atom. The Morgan fingerprint density at radius 3 is 2.73 bits per heavy atom. The zero-order chi connectivity index (χ0) is 10.8. The van der Waals surface area contributed by atoms with Crippen LogP contribution in [0.5, 0.6) is 5.75 Å². The Bertz CT molecular complexity index is 477. The zero-order valence-corrected chi connectivity index (χ0v) is 8.65. The van der Waals surface area contributed by atoms with Gasteiger partial charge in [0.05, 0.1) is 18.9 Å². The quantitative estimate of drug-likeness (QED) is 0.814. The van der Waals surface area contributed by atoms with E-state index in [-0.39, 0.29) is 0 Å². The summed E-state index contributed by atoms with van der Waals surface area (Å²) in [6, 6.07) is 5.81. The third-order valence-corrected chi connectivity index (χ3v) is 2.30. The number of hydrogen-bond acceptors (Lipinski definition) is 4. The van der Waals surface area contributed by atoms with Crippen LogP contribution in [-0.4, -0.2) is 12.3 Å². The van der Waals surface area contributed by atoms with Gasteiger partial charge in [-0.2, -0.15) is 0 Å². The first-order valence-electron chi connectivity index (χ1n) is 4.57. The van der Waals surface area contributed by atoms with Crippen LogP contribution in [0.2, 0.25) is 0 Å². The van der Waals surface area contributed by atoms with Crippen LogP contribution >= 0.6 is 0 Å². The molecular formula is C11H12N2O2. The predicted octanol–water partition coefficient (Wildman–Crippen LogP) is 2.24. The average Bonchev–Trinajstić information content (AvgIpc) is 2.64. The molecule has 0 aliphatic rings. The van der Waals surface area contributed by atoms with Crippen molar-refractivity contribution < 1.29 is 9.26 Å². The van der Waals surface area contributed by atoms with Crippen LogP contribution in [0.15, 0.2) is 28.9 Å². The molecule has 1 aromatic heterocycles. The maximum Gasteiger partial charge on any atom is 0.229 e. The largest absolute Gasteiger partial charge is 0.496 e. The molecule has 0 saturated heterocycles. The Hall–Kier alpha value is -1.97. The molecule has 2 aromatic rings. The summed E-state index contributed by atoms with van der Waals surface area (Å²) in [5.74, 6) is 1.19. The first-order chi connectivity index (χ1) is 7.22. The van der Waals surface area contributed by atoms with Gasteiger partial charge in [0, 0.05) is 0 Å². The molecule has 0 fully saturated rings. The highest BCUT2D eigenvalue weighted by molar-refractivity contribution is 5.73. The first-order valence-corrected chi connectivity index (χ1v) is 4.57. The lowest BCUT2D eigenvalue weighted by Crippen LogP contribution is -1.89. The van der Waals surface area contributed by atoms with E-state index in [4.69, 9.17) is 15.0 Å². The molecule has 0 atom stereocenters. The fourth-order valence-corrected chi connectivity index (χ4v) is 1.51. The SMILES string of the molecule is COc1ccc(-c2cnoc2N)cc1C. The van der Waals surface area contributed by atoms with Gasteiger partial charge < -0.3 is 15.0 Å². The second kappa shape index (κ2) is 3.65. The topological polar surface area (TPSA) is 61.3 Å². The molecule has 0 aliphatic carbocycles. The highest BCUT2D eigenvalue weighted by Crippen LogP contribution is 2.29. The average molecular weight is 204 g/mol. The minimum Gasteiger partial charge on any atom is -0.496 e. The molecule has 1 heterocycles. The lowest BCUT2D eigenvalue weighted by atomic mass is 10.1. The highest BCUT2D eigenvalue weighted by Gasteiger charge is 2.08. The van der Waals surface area contributed by atoms with Gasteiger partial charge in [0.2, 0.25) is 5.88 Å². The van der Waals surface area contributed by atoms with Gasteiger partial charge in [-0.15, -0.1) is 0 Å². The molecule has 1 aromatic carbocycles. The van der Waals surface area contributed by atoms with E-state index < -0.39 is 0 Å². The highest BCUT2D eigenvalue weighted by atomic mass is 16.5. The van der Waals surface area contributed by atoms with Crippen LogP contribution in [0, 0.1) is 6.92 Å². The van der Waals surface area contributed by atoms with Crippen LogP contribution in [0.1, 0.15) is 5.56 Å². The van der Waals surface area contributed by atoms with Gasteiger partial charge in [0.25, 0.3) is 0 Å². The summed E-state index contributed by atoms with van der Waals surface area (Å²) in [6.07, 6.45) is 1.61. The molecule has 2 rings (SSSR count). The molecule has 0 radical (unpaired) electrons. The van der Waals surface area contributed by atoms with Crippen molar-refractivity contribution in [2.75, 3.05) is 12.8 Å². The molecule has 0 amide bonds. The number of hydrogen-bond donors (Lipinski definition) is 1. The Balaban J connectivity index is 2.47. The fraction of sp³-hybridized carbons (Fsp3) is 0.182. The van der Waals surface area contributed by atoms with Crippen molar-refractivity contribution >= 4 is 5.88 Å². The van der Waals surface area contributed by atoms with Crippen LogP contribution in [0.3, 0.4) is 0 Å². The van der Waals surface area contributed by atoms with Crippen molar-refractivity contribution in [3.05, 3.63) is 30.0 Å². The van der Waals surface area contributed by atoms with E-state index in [9.17, 15) is 0 Å². The van der Waals surface area contributed by atoms with Gasteiger partial charge in [-0.25, -0.2) is 0 Å². The number of aryl methyl sites for hydroxylation is 1. The molecule has 4 nitrogen and oxygen atoms in total. The Kier molecular flexibility index (Phi) is 2.33. The van der Waals surface area contributed by atoms with Gasteiger partial charge in [-0.1, -0.05) is 11.2 Å². The van der Waals surface area contributed by atoms with Crippen molar-refractivity contribution in [2.24, 2.45) is 0 Å². The van der Waals surface area contributed by atoms with E-state index in [1.165, 1.54) is 0 Å². The molecule has 2 N–H and O–H groups in total. The number of aromatic nitrogens is 1. The van der Waals surface area contributed by atoms with Crippen LogP contribution in [0.25, 0.3) is 11.1 Å². The molecule has 15 heavy (non-hydrogen) atoms. The molecule has 4 heteroatoms. The third-order valence-electron chi connectivity index (χ3n) is 2.30. The van der Waals surface area contributed by atoms with Gasteiger partial charge in [-0.05, 0) is 30.2 Å². The predicted molar refractivity (Wildman–Crippen MR) is 57.6 cm³/mol. The second-order valence-electron chi connectivity index (χ2n) is 3.29. The van der Waals surface area contributed by atoms with Gasteiger partial charge >= 0.3 is 0 Å². The molecule has 78 valence electrons. The smallest absolute Gasteiger partial charge is 0.229 e. The number of nitrogens with two attached hydrogens (primary N) is 1. The summed E-state index contributed by atoms with van der Waals surface area (Å²) in [6.45, 7) is 1.98. The van der Waals surface area contributed by atoms with E-state index in [1.54, 1.807) is 13.3 Å². The molecule has 0 saturated carbocycles. The standard InChI is InChI=1S/C11H12N2O2/c1-7-5-8(3-4-10(7)14-2)9-6-13-15-11(9)12/h3-6H,12H2,1-2H3. The molecular weight excluding hydrogens is 192 g/mol. The number of nitrogens with zero attached hydrogens (tertiary/aromatic N) is 1. The third kappa shape index (κ3) is 1.66. The summed E-state index contributed by atoms with van der Waals surface area (Å²) >= 11 is 0. The normalized spacial score (nSPS) is 10.3. The summed E-state index contributed by atoms with van der Waals surface area (Å²) < 4.78 is 9.99. The van der Waals surface area contributed by atoms with Gasteiger partial charge in [0.1, 0.15) is 5.75 Å². The minimum absolute atomic E-state index is 0.333. The Morgan fingerprint density at radius 2 is 2.20 bits per heavy atom. The van der Waals surface area contributed by atoms with Crippen LogP contribution in [-0.2, 0) is 0 Å². The summed E-state index contributed by atoms with van der Waals surface area (Å²) in [7, 11) is 1.65. The summed E-state index contributed by atoms with van der Waals surface area (Å²) in [5.41, 5.74) is 8.47. The van der Waals surface area contributed by atoms with E-state index >= 15 is 0 Å². The van der Waals surface area contributed by atoms with Gasteiger partial charge in [0.15, 0.2) is 0 Å². The maximum atomic E-state index is 5.63. The second-order valence-corrected chi connectivity index (χ2v) is 3.29. The lowest BCUT2D eigenvalue weighted by molar-refractivity contribution is 0.412. The van der Waals surface area contributed by atoms with Crippen molar-refractivity contribution in [1.29, 1.82) is 0 Å². The number of nitrogen functional groups attached to an aromatic ring is 1. The van der Waals surface area contributed by atoms with E-state index in [2.05, 4.69) is 5.16 Å². The van der Waals surface area contributed by atoms with E-state index in [0.717, 1.165) is 22.4 Å². The number of rotatable bonds is 2. The lowest BCUT2D eigenvalue weighted by Gasteiger charge is -2.05. The summed E-state index contributed by atoms with van der Waals surface area (Å²) in [4.78, 5) is 0. The minimum atomic E-state index is 0.333. The number of methoxy groups -OCH3 is 1. The van der Waals surface area contributed by atoms with Crippen LogP contribution in [0.4, 0.5) is 5.88 Å². The fourth-order valence-electron chi connectivity index (χ4n) is 1.51. The maximum absolute atomic E-state index is 5.63. The van der Waals surface area contributed by atoms with Crippen molar-refractivity contribution in [2.45, 2.75) is 6.92 Å².